The van der Waals surface area contributed by atoms with Crippen molar-refractivity contribution < 1.29 is 19.3 Å². The van der Waals surface area contributed by atoms with E-state index < -0.39 is 4.92 Å². The van der Waals surface area contributed by atoms with E-state index in [4.69, 9.17) is 0 Å². The molecule has 0 radical (unpaired) electrons. The van der Waals surface area contributed by atoms with Crippen LogP contribution in [-0.2, 0) is 35.3 Å². The molecule has 0 aliphatic rings. The number of nitro groups is 1. The van der Waals surface area contributed by atoms with Gasteiger partial charge in [-0.1, -0.05) is 48.5 Å². The average Bonchev–Trinajstić information content (AvgIpc) is 2.74. The molecule has 0 saturated carbocycles. The molecule has 0 amide bonds. The van der Waals surface area contributed by atoms with Crippen molar-refractivity contribution in [3.8, 4) is 0 Å². The van der Waals surface area contributed by atoms with Crippen molar-refractivity contribution in [2.45, 2.75) is 25.7 Å². The molecule has 0 atom stereocenters. The summed E-state index contributed by atoms with van der Waals surface area (Å²) in [5, 5.41) is 22.2. The van der Waals surface area contributed by atoms with Gasteiger partial charge in [0.25, 0.3) is 5.69 Å². The predicted octanol–water partition coefficient (Wildman–Crippen LogP) is 4.15. The fraction of sp³-hybridized carbons (Fsp3) is 0.160. The average molecular weight is 430 g/mol. The van der Waals surface area contributed by atoms with Gasteiger partial charge in [-0.3, -0.25) is 19.7 Å². The summed E-state index contributed by atoms with van der Waals surface area (Å²) in [6, 6.07) is 20.1. The summed E-state index contributed by atoms with van der Waals surface area (Å²) in [6.45, 7) is 3.30. The van der Waals surface area contributed by atoms with Crippen LogP contribution in [0.5, 0.6) is 0 Å². The lowest BCUT2D eigenvalue weighted by Gasteiger charge is -2.07. The first-order valence-corrected chi connectivity index (χ1v) is 10.0. The van der Waals surface area contributed by atoms with Gasteiger partial charge in [0.2, 0.25) is 5.69 Å². The van der Waals surface area contributed by atoms with Gasteiger partial charge in [0.15, 0.2) is 0 Å². The van der Waals surface area contributed by atoms with Crippen LogP contribution in [0.3, 0.4) is 0 Å². The largest absolute Gasteiger partial charge is 0.619 e. The third kappa shape index (κ3) is 6.43. The van der Waals surface area contributed by atoms with Gasteiger partial charge in [0.05, 0.1) is 4.92 Å². The molecule has 0 N–H and O–H groups in total. The lowest BCUT2D eigenvalue weighted by molar-refractivity contribution is -0.384. The summed E-state index contributed by atoms with van der Waals surface area (Å²) in [6.07, 6.45) is 0.681. The second kappa shape index (κ2) is 10.3. The molecule has 0 aromatic heterocycles. The highest BCUT2D eigenvalue weighted by Gasteiger charge is 2.12. The van der Waals surface area contributed by atoms with Crippen LogP contribution < -0.4 is 0 Å². The Hall–Kier alpha value is -4.13. The van der Waals surface area contributed by atoms with Crippen LogP contribution in [0.1, 0.15) is 22.3 Å². The minimum atomic E-state index is -0.486. The second-order valence-electron chi connectivity index (χ2n) is 7.58. The number of hydrogen-bond acceptors (Lipinski definition) is 5. The van der Waals surface area contributed by atoms with Gasteiger partial charge in [-0.15, -0.1) is 0 Å². The van der Waals surface area contributed by atoms with Crippen LogP contribution in [0.2, 0.25) is 0 Å². The van der Waals surface area contributed by atoms with E-state index in [9.17, 15) is 24.9 Å². The molecule has 3 aromatic rings. The van der Waals surface area contributed by atoms with Crippen LogP contribution in [0.4, 0.5) is 11.4 Å². The predicted molar refractivity (Wildman–Crippen MR) is 121 cm³/mol. The van der Waals surface area contributed by atoms with Gasteiger partial charge in [-0.2, -0.15) is 4.74 Å². The number of hydrogen-bond donors (Lipinski definition) is 0. The Kier molecular flexibility index (Phi) is 7.23. The van der Waals surface area contributed by atoms with Crippen LogP contribution in [0.25, 0.3) is 0 Å². The number of nitro benzene ring substituents is 1. The van der Waals surface area contributed by atoms with E-state index in [0.717, 1.165) is 16.7 Å². The summed E-state index contributed by atoms with van der Waals surface area (Å²) in [4.78, 5) is 35.4. The van der Waals surface area contributed by atoms with E-state index in [2.05, 4.69) is 6.72 Å². The quantitative estimate of drug-likeness (QED) is 0.158. The Morgan fingerprint density at radius 2 is 1.03 bits per heavy atom. The maximum Gasteiger partial charge on any atom is 0.269 e. The van der Waals surface area contributed by atoms with Crippen molar-refractivity contribution in [2.24, 2.45) is 0 Å². The summed E-state index contributed by atoms with van der Waals surface area (Å²) < 4.78 is 0.502. The molecular weight excluding hydrogens is 408 g/mol. The number of non-ortho nitro benzene ring substituents is 1. The molecule has 0 aliphatic heterocycles. The lowest BCUT2D eigenvalue weighted by Crippen LogP contribution is -2.09. The molecular formula is C25H22N2O5. The molecule has 32 heavy (non-hydrogen) atoms. The number of nitrogens with zero attached hydrogens (tertiary/aromatic N) is 2. The minimum absolute atomic E-state index is 0.0104. The Balaban J connectivity index is 1.60. The monoisotopic (exact) mass is 430 g/mol. The molecule has 162 valence electrons. The number of benzene rings is 3. The van der Waals surface area contributed by atoms with Crippen molar-refractivity contribution in [3.63, 3.8) is 0 Å². The van der Waals surface area contributed by atoms with Crippen LogP contribution >= 0.6 is 0 Å². The number of rotatable bonds is 10. The van der Waals surface area contributed by atoms with E-state index in [1.165, 1.54) is 12.1 Å². The first-order chi connectivity index (χ1) is 15.3. The molecule has 0 heterocycles. The number of carbonyl (C=O) groups is 2. The Labute approximate surface area is 185 Å². The number of ketones is 2. The molecule has 0 spiro atoms. The topological polar surface area (TPSA) is 103 Å². The summed E-state index contributed by atoms with van der Waals surface area (Å²) in [7, 11) is 0. The van der Waals surface area contributed by atoms with Crippen molar-refractivity contribution in [3.05, 3.63) is 110 Å². The van der Waals surface area contributed by atoms with Crippen molar-refractivity contribution in [1.82, 2.24) is 0 Å². The Morgan fingerprint density at radius 3 is 1.47 bits per heavy atom. The standard InChI is InChI=1S/C25H22N2O5/c1-26(30)22-9-3-7-20(12-22)16-24(28)14-18-5-2-6-19(11-18)15-25(29)17-21-8-4-10-23(13-21)27(31)32/h2-13H,1,14-17H2. The van der Waals surface area contributed by atoms with E-state index in [1.807, 2.05) is 18.2 Å². The smallest absolute Gasteiger partial charge is 0.269 e. The second-order valence-corrected chi connectivity index (χ2v) is 7.58. The fourth-order valence-corrected chi connectivity index (χ4v) is 3.49. The summed E-state index contributed by atoms with van der Waals surface area (Å²) >= 11 is 0. The van der Waals surface area contributed by atoms with Gasteiger partial charge in [0, 0.05) is 49.9 Å². The molecule has 0 bridgehead atoms. The van der Waals surface area contributed by atoms with Crippen LogP contribution in [0, 0.1) is 15.3 Å². The van der Waals surface area contributed by atoms with Gasteiger partial charge in [0.1, 0.15) is 18.3 Å². The molecule has 0 fully saturated rings. The highest BCUT2D eigenvalue weighted by Crippen LogP contribution is 2.16. The zero-order valence-electron chi connectivity index (χ0n) is 17.4. The van der Waals surface area contributed by atoms with Gasteiger partial charge < -0.3 is 5.21 Å². The molecule has 3 rings (SSSR count). The maximum atomic E-state index is 12.5. The fourth-order valence-electron chi connectivity index (χ4n) is 3.49. The first kappa shape index (κ1) is 22.6. The Morgan fingerprint density at radius 1 is 0.656 bits per heavy atom. The molecule has 7 nitrogen and oxygen atoms in total. The normalized spacial score (nSPS) is 10.5. The van der Waals surface area contributed by atoms with Crippen molar-refractivity contribution in [2.75, 3.05) is 0 Å². The van der Waals surface area contributed by atoms with Gasteiger partial charge in [-0.05, 0) is 22.3 Å². The molecule has 0 unspecified atom stereocenters. The number of carbonyl (C=O) groups excluding carboxylic acids is 2. The summed E-state index contributed by atoms with van der Waals surface area (Å²) in [5.41, 5.74) is 3.26. The molecule has 0 saturated heterocycles. The Bertz CT molecular complexity index is 1100. The third-order valence-electron chi connectivity index (χ3n) is 4.92. The number of Topliss-reactive ketones (excluding diaryl/α,β-unsaturated/α-hetero) is 2. The molecule has 3 aromatic carbocycles. The maximum absolute atomic E-state index is 12.5. The van der Waals surface area contributed by atoms with E-state index >= 15 is 0 Å². The minimum Gasteiger partial charge on any atom is -0.619 e. The van der Waals surface area contributed by atoms with E-state index in [0.29, 0.717) is 16.0 Å². The van der Waals surface area contributed by atoms with Crippen molar-refractivity contribution >= 4 is 29.7 Å². The van der Waals surface area contributed by atoms with Crippen molar-refractivity contribution in [1.29, 1.82) is 0 Å². The van der Waals surface area contributed by atoms with E-state index in [1.54, 1.807) is 42.5 Å². The highest BCUT2D eigenvalue weighted by molar-refractivity contribution is 5.84. The lowest BCUT2D eigenvalue weighted by atomic mass is 9.98. The van der Waals surface area contributed by atoms with Crippen LogP contribution in [0.15, 0.2) is 72.8 Å². The van der Waals surface area contributed by atoms with Gasteiger partial charge in [-0.25, -0.2) is 0 Å². The first-order valence-electron chi connectivity index (χ1n) is 10.0. The zero-order chi connectivity index (χ0) is 23.1. The molecule has 0 aliphatic carbocycles. The zero-order valence-corrected chi connectivity index (χ0v) is 17.4. The highest BCUT2D eigenvalue weighted by atomic mass is 16.6. The molecule has 7 heteroatoms. The third-order valence-corrected chi connectivity index (χ3v) is 4.92. The SMILES string of the molecule is C=[N+]([O-])c1cccc(CC(=O)Cc2cccc(CC(=O)Cc3cccc([N+](=O)[O-])c3)c2)c1. The van der Waals surface area contributed by atoms with Gasteiger partial charge >= 0.3 is 0 Å². The van der Waals surface area contributed by atoms with Crippen LogP contribution in [-0.4, -0.2) is 27.9 Å². The van der Waals surface area contributed by atoms with E-state index in [-0.39, 0.29) is 42.9 Å². The summed E-state index contributed by atoms with van der Waals surface area (Å²) in [5.74, 6) is -0.0788.